The molecule has 0 aliphatic rings. The van der Waals surface area contributed by atoms with Gasteiger partial charge in [0.15, 0.2) is 0 Å². The molecule has 1 aromatic rings. The average molecular weight is 243 g/mol. The molecule has 0 bridgehead atoms. The number of benzene rings is 1. The molecule has 18 heavy (non-hydrogen) atoms. The van der Waals surface area contributed by atoms with E-state index < -0.39 is 0 Å². The number of hydrogen-bond donors (Lipinski definition) is 1. The summed E-state index contributed by atoms with van der Waals surface area (Å²) in [6, 6.07) is 7.85. The molecule has 0 aromatic heterocycles. The van der Waals surface area contributed by atoms with E-state index in [0.717, 1.165) is 24.1 Å². The maximum atomic E-state index is 11.7. The zero-order chi connectivity index (χ0) is 13.2. The van der Waals surface area contributed by atoms with Crippen LogP contribution in [0.3, 0.4) is 0 Å². The van der Waals surface area contributed by atoms with Gasteiger partial charge in [-0.25, -0.2) is 0 Å². The SMILES string of the molecule is CC=CCCC(=O)Nc1ccccc1C=CCC. The Kier molecular flexibility index (Phi) is 6.55. The first-order valence-electron chi connectivity index (χ1n) is 6.44. The Morgan fingerprint density at radius 3 is 2.78 bits per heavy atom. The molecule has 0 atom stereocenters. The van der Waals surface area contributed by atoms with Crippen LogP contribution in [0.25, 0.3) is 6.08 Å². The molecule has 1 aromatic carbocycles. The van der Waals surface area contributed by atoms with E-state index in [0.29, 0.717) is 6.42 Å². The van der Waals surface area contributed by atoms with Gasteiger partial charge in [0.05, 0.1) is 0 Å². The van der Waals surface area contributed by atoms with Crippen LogP contribution in [0.4, 0.5) is 5.69 Å². The number of rotatable bonds is 6. The monoisotopic (exact) mass is 243 g/mol. The van der Waals surface area contributed by atoms with Crippen molar-refractivity contribution in [2.45, 2.75) is 33.1 Å². The van der Waals surface area contributed by atoms with Crippen LogP contribution >= 0.6 is 0 Å². The summed E-state index contributed by atoms with van der Waals surface area (Å²) in [4.78, 5) is 11.7. The lowest BCUT2D eigenvalue weighted by atomic mass is 10.1. The van der Waals surface area contributed by atoms with Crippen LogP contribution < -0.4 is 5.32 Å². The fourth-order valence-electron chi connectivity index (χ4n) is 1.59. The number of nitrogens with one attached hydrogen (secondary N) is 1. The van der Waals surface area contributed by atoms with Gasteiger partial charge in [-0.05, 0) is 31.4 Å². The molecule has 1 N–H and O–H groups in total. The maximum Gasteiger partial charge on any atom is 0.224 e. The molecule has 0 aliphatic carbocycles. The maximum absolute atomic E-state index is 11.7. The van der Waals surface area contributed by atoms with Gasteiger partial charge < -0.3 is 5.32 Å². The summed E-state index contributed by atoms with van der Waals surface area (Å²) < 4.78 is 0. The van der Waals surface area contributed by atoms with E-state index in [4.69, 9.17) is 0 Å². The highest BCUT2D eigenvalue weighted by Gasteiger charge is 2.03. The van der Waals surface area contributed by atoms with Crippen molar-refractivity contribution in [3.8, 4) is 0 Å². The lowest BCUT2D eigenvalue weighted by Gasteiger charge is -2.07. The molecule has 0 radical (unpaired) electrons. The Bertz CT molecular complexity index is 432. The molecule has 1 rings (SSSR count). The summed E-state index contributed by atoms with van der Waals surface area (Å²) in [6.45, 7) is 4.05. The second-order valence-electron chi connectivity index (χ2n) is 4.05. The molecule has 1 amide bonds. The summed E-state index contributed by atoms with van der Waals surface area (Å²) in [7, 11) is 0. The Morgan fingerprint density at radius 1 is 1.28 bits per heavy atom. The number of carbonyl (C=O) groups is 1. The fourth-order valence-corrected chi connectivity index (χ4v) is 1.59. The van der Waals surface area contributed by atoms with Crippen molar-refractivity contribution in [3.05, 3.63) is 48.1 Å². The molecule has 0 fully saturated rings. The molecule has 2 nitrogen and oxygen atoms in total. The first kappa shape index (κ1) is 14.2. The molecule has 0 saturated carbocycles. The van der Waals surface area contributed by atoms with Crippen molar-refractivity contribution in [1.29, 1.82) is 0 Å². The van der Waals surface area contributed by atoms with Gasteiger partial charge in [-0.3, -0.25) is 4.79 Å². The Morgan fingerprint density at radius 2 is 2.06 bits per heavy atom. The van der Waals surface area contributed by atoms with E-state index in [1.807, 2.05) is 49.4 Å². The number of anilines is 1. The topological polar surface area (TPSA) is 29.1 Å². The predicted molar refractivity (Wildman–Crippen MR) is 78.4 cm³/mol. The quantitative estimate of drug-likeness (QED) is 0.737. The van der Waals surface area contributed by atoms with Gasteiger partial charge in [0, 0.05) is 12.1 Å². The minimum absolute atomic E-state index is 0.0606. The van der Waals surface area contributed by atoms with Crippen LogP contribution in [-0.2, 0) is 4.79 Å². The number of allylic oxidation sites excluding steroid dienone is 3. The van der Waals surface area contributed by atoms with E-state index in [9.17, 15) is 4.79 Å². The minimum Gasteiger partial charge on any atom is -0.326 e. The van der Waals surface area contributed by atoms with Crippen molar-refractivity contribution >= 4 is 17.7 Å². The van der Waals surface area contributed by atoms with Gasteiger partial charge in [-0.2, -0.15) is 0 Å². The van der Waals surface area contributed by atoms with Gasteiger partial charge in [0.1, 0.15) is 0 Å². The minimum atomic E-state index is 0.0606. The highest BCUT2D eigenvalue weighted by molar-refractivity contribution is 5.92. The van der Waals surface area contributed by atoms with Crippen molar-refractivity contribution < 1.29 is 4.79 Å². The summed E-state index contributed by atoms with van der Waals surface area (Å²) in [5, 5.41) is 2.95. The molecule has 0 saturated heterocycles. The van der Waals surface area contributed by atoms with Crippen LogP contribution in [0.15, 0.2) is 42.5 Å². The Hall–Kier alpha value is -1.83. The second kappa shape index (κ2) is 8.29. The lowest BCUT2D eigenvalue weighted by Crippen LogP contribution is -2.11. The molecule has 96 valence electrons. The van der Waals surface area contributed by atoms with Gasteiger partial charge in [0.25, 0.3) is 0 Å². The molecule has 0 heterocycles. The normalized spacial score (nSPS) is 11.2. The predicted octanol–water partition coefficient (Wildman–Crippen LogP) is 4.40. The van der Waals surface area contributed by atoms with Crippen LogP contribution in [-0.4, -0.2) is 5.91 Å². The van der Waals surface area contributed by atoms with Crippen molar-refractivity contribution in [1.82, 2.24) is 0 Å². The van der Waals surface area contributed by atoms with E-state index in [1.165, 1.54) is 0 Å². The molecular weight excluding hydrogens is 222 g/mol. The molecule has 0 spiro atoms. The van der Waals surface area contributed by atoms with E-state index >= 15 is 0 Å². The number of carbonyl (C=O) groups excluding carboxylic acids is 1. The second-order valence-corrected chi connectivity index (χ2v) is 4.05. The van der Waals surface area contributed by atoms with E-state index in [2.05, 4.69) is 18.3 Å². The highest BCUT2D eigenvalue weighted by atomic mass is 16.1. The zero-order valence-electron chi connectivity index (χ0n) is 11.1. The summed E-state index contributed by atoms with van der Waals surface area (Å²) in [5.74, 6) is 0.0606. The Labute approximate surface area is 109 Å². The summed E-state index contributed by atoms with van der Waals surface area (Å²) in [5.41, 5.74) is 1.94. The van der Waals surface area contributed by atoms with Crippen LogP contribution in [0.5, 0.6) is 0 Å². The first-order valence-corrected chi connectivity index (χ1v) is 6.44. The molecule has 0 aliphatic heterocycles. The highest BCUT2D eigenvalue weighted by Crippen LogP contribution is 2.17. The third-order valence-electron chi connectivity index (χ3n) is 2.54. The molecule has 0 unspecified atom stereocenters. The summed E-state index contributed by atoms with van der Waals surface area (Å²) >= 11 is 0. The van der Waals surface area contributed by atoms with E-state index in [1.54, 1.807) is 0 Å². The summed E-state index contributed by atoms with van der Waals surface area (Å²) in [6.07, 6.45) is 10.4. The number of amides is 1. The van der Waals surface area contributed by atoms with Gasteiger partial charge in [0.2, 0.25) is 5.91 Å². The van der Waals surface area contributed by atoms with Gasteiger partial charge >= 0.3 is 0 Å². The molecule has 2 heteroatoms. The van der Waals surface area contributed by atoms with Gasteiger partial charge in [-0.15, -0.1) is 0 Å². The average Bonchev–Trinajstić information content (AvgIpc) is 2.38. The van der Waals surface area contributed by atoms with E-state index in [-0.39, 0.29) is 5.91 Å². The largest absolute Gasteiger partial charge is 0.326 e. The number of para-hydroxylation sites is 1. The fraction of sp³-hybridized carbons (Fsp3) is 0.312. The zero-order valence-corrected chi connectivity index (χ0v) is 11.1. The third kappa shape index (κ3) is 5.00. The van der Waals surface area contributed by atoms with Crippen molar-refractivity contribution in [2.75, 3.05) is 5.32 Å². The number of hydrogen-bond acceptors (Lipinski definition) is 1. The third-order valence-corrected chi connectivity index (χ3v) is 2.54. The smallest absolute Gasteiger partial charge is 0.224 e. The van der Waals surface area contributed by atoms with Crippen LogP contribution in [0.2, 0.25) is 0 Å². The molecular formula is C16H21NO. The van der Waals surface area contributed by atoms with Crippen molar-refractivity contribution in [3.63, 3.8) is 0 Å². The standard InChI is InChI=1S/C16H21NO/c1-3-5-7-13-16(18)17-15-12-9-8-11-14(15)10-6-4-2/h3,5-6,8-12H,4,7,13H2,1-2H3,(H,17,18). The van der Waals surface area contributed by atoms with Gasteiger partial charge in [-0.1, -0.05) is 49.4 Å². The van der Waals surface area contributed by atoms with Crippen LogP contribution in [0.1, 0.15) is 38.7 Å². The lowest BCUT2D eigenvalue weighted by molar-refractivity contribution is -0.116. The first-order chi connectivity index (χ1) is 8.77. The van der Waals surface area contributed by atoms with Crippen LogP contribution in [0, 0.1) is 0 Å². The van der Waals surface area contributed by atoms with Crippen molar-refractivity contribution in [2.24, 2.45) is 0 Å². The Balaban J connectivity index is 2.65.